The van der Waals surface area contributed by atoms with Crippen LogP contribution in [-0.4, -0.2) is 33.7 Å². The van der Waals surface area contributed by atoms with Gasteiger partial charge in [-0.25, -0.2) is 14.6 Å². The number of aromatic carboxylic acids is 1. The number of hydrogen-bond acceptors (Lipinski definition) is 4. The van der Waals surface area contributed by atoms with E-state index < -0.39 is 12.0 Å². The van der Waals surface area contributed by atoms with E-state index in [-0.39, 0.29) is 17.5 Å². The Labute approximate surface area is 122 Å². The lowest BCUT2D eigenvalue weighted by atomic mass is 10.0. The van der Waals surface area contributed by atoms with Crippen LogP contribution in [0.4, 0.5) is 0 Å². The van der Waals surface area contributed by atoms with Crippen LogP contribution < -0.4 is 0 Å². The Bertz CT molecular complexity index is 675. The molecule has 0 aliphatic rings. The van der Waals surface area contributed by atoms with Gasteiger partial charge >= 0.3 is 11.9 Å². The maximum Gasteiger partial charge on any atom is 0.337 e. The number of carbonyl (C=O) groups is 2. The van der Waals surface area contributed by atoms with Gasteiger partial charge in [0.15, 0.2) is 0 Å². The first-order valence-corrected chi connectivity index (χ1v) is 6.72. The minimum atomic E-state index is -1.04. The lowest BCUT2D eigenvalue weighted by Gasteiger charge is -2.19. The van der Waals surface area contributed by atoms with Crippen LogP contribution in [0.25, 0.3) is 11.0 Å². The molecular weight excluding hydrogens is 272 g/mol. The van der Waals surface area contributed by atoms with Gasteiger partial charge in [0.2, 0.25) is 0 Å². The minimum Gasteiger partial charge on any atom is -0.478 e. The van der Waals surface area contributed by atoms with Crippen LogP contribution in [0.1, 0.15) is 36.7 Å². The van der Waals surface area contributed by atoms with E-state index in [1.54, 1.807) is 16.7 Å². The van der Waals surface area contributed by atoms with E-state index in [0.29, 0.717) is 17.5 Å². The molecular formula is C15H18N2O4. The fraction of sp³-hybridized carbons (Fsp3) is 0.400. The van der Waals surface area contributed by atoms with Crippen molar-refractivity contribution in [1.82, 2.24) is 9.55 Å². The summed E-state index contributed by atoms with van der Waals surface area (Å²) in [5.74, 6) is -1.11. The Balaban J connectivity index is 2.56. The third-order valence-electron chi connectivity index (χ3n) is 3.34. The van der Waals surface area contributed by atoms with Gasteiger partial charge < -0.3 is 14.4 Å². The highest BCUT2D eigenvalue weighted by Gasteiger charge is 2.25. The van der Waals surface area contributed by atoms with Gasteiger partial charge in [0, 0.05) is 0 Å². The summed E-state index contributed by atoms with van der Waals surface area (Å²) < 4.78 is 6.55. The van der Waals surface area contributed by atoms with E-state index in [4.69, 9.17) is 4.74 Å². The van der Waals surface area contributed by atoms with Gasteiger partial charge in [-0.15, -0.1) is 0 Å². The largest absolute Gasteiger partial charge is 0.478 e. The molecule has 0 saturated heterocycles. The summed E-state index contributed by atoms with van der Waals surface area (Å²) in [5.41, 5.74) is 1.12. The van der Waals surface area contributed by atoms with Crippen LogP contribution in [0.5, 0.6) is 0 Å². The normalized spacial score (nSPS) is 12.6. The highest BCUT2D eigenvalue weighted by molar-refractivity contribution is 6.01. The predicted octanol–water partition coefficient (Wildman–Crippen LogP) is 2.49. The Morgan fingerprint density at radius 3 is 2.67 bits per heavy atom. The summed E-state index contributed by atoms with van der Waals surface area (Å²) in [4.78, 5) is 27.4. The number of ether oxygens (including phenoxy) is 1. The van der Waals surface area contributed by atoms with Crippen LogP contribution in [0.3, 0.4) is 0 Å². The van der Waals surface area contributed by atoms with Crippen molar-refractivity contribution in [2.24, 2.45) is 5.92 Å². The van der Waals surface area contributed by atoms with Gasteiger partial charge in [0.05, 0.1) is 24.5 Å². The molecule has 1 unspecified atom stereocenters. The maximum absolute atomic E-state index is 12.0. The summed E-state index contributed by atoms with van der Waals surface area (Å²) in [6.07, 6.45) is 2.09. The lowest BCUT2D eigenvalue weighted by Crippen LogP contribution is -2.22. The Kier molecular flexibility index (Phi) is 4.26. The van der Waals surface area contributed by atoms with Gasteiger partial charge in [-0.3, -0.25) is 0 Å². The van der Waals surface area contributed by atoms with Crippen LogP contribution in [0, 0.1) is 5.92 Å². The molecule has 0 aliphatic carbocycles. The Hall–Kier alpha value is -2.37. The van der Waals surface area contributed by atoms with Crippen LogP contribution in [-0.2, 0) is 9.53 Å². The average molecular weight is 290 g/mol. The second kappa shape index (κ2) is 5.95. The van der Waals surface area contributed by atoms with Crippen molar-refractivity contribution in [3.05, 3.63) is 30.1 Å². The molecule has 1 heterocycles. The SMILES string of the molecule is COC(=O)C(CC(C)C)n1cnc2c(C(=O)O)cccc21. The maximum atomic E-state index is 12.0. The number of benzene rings is 1. The van der Waals surface area contributed by atoms with Crippen molar-refractivity contribution in [1.29, 1.82) is 0 Å². The van der Waals surface area contributed by atoms with E-state index in [2.05, 4.69) is 4.98 Å². The van der Waals surface area contributed by atoms with Crippen molar-refractivity contribution in [3.8, 4) is 0 Å². The number of carbonyl (C=O) groups excluding carboxylic acids is 1. The van der Waals surface area contributed by atoms with E-state index in [1.165, 1.54) is 19.5 Å². The van der Waals surface area contributed by atoms with Crippen LogP contribution in [0.2, 0.25) is 0 Å². The second-order valence-corrected chi connectivity index (χ2v) is 5.30. The highest BCUT2D eigenvalue weighted by Crippen LogP contribution is 2.26. The van der Waals surface area contributed by atoms with Crippen molar-refractivity contribution in [2.45, 2.75) is 26.3 Å². The van der Waals surface area contributed by atoms with Gasteiger partial charge in [0.25, 0.3) is 0 Å². The van der Waals surface area contributed by atoms with Crippen molar-refractivity contribution >= 4 is 23.0 Å². The molecule has 1 aromatic carbocycles. The zero-order chi connectivity index (χ0) is 15.6. The molecule has 1 atom stereocenters. The lowest BCUT2D eigenvalue weighted by molar-refractivity contribution is -0.145. The number of fused-ring (bicyclic) bond motifs is 1. The molecule has 6 heteroatoms. The first kappa shape index (κ1) is 15.0. The zero-order valence-electron chi connectivity index (χ0n) is 12.2. The number of aromatic nitrogens is 2. The number of esters is 1. The number of hydrogen-bond donors (Lipinski definition) is 1. The number of methoxy groups -OCH3 is 1. The quantitative estimate of drug-likeness (QED) is 0.856. The van der Waals surface area contributed by atoms with Crippen molar-refractivity contribution < 1.29 is 19.4 Å². The molecule has 6 nitrogen and oxygen atoms in total. The number of imidazole rings is 1. The van der Waals surface area contributed by atoms with E-state index in [1.807, 2.05) is 13.8 Å². The van der Waals surface area contributed by atoms with E-state index in [9.17, 15) is 14.7 Å². The number of carboxylic acid groups (broad SMARTS) is 1. The van der Waals surface area contributed by atoms with Gasteiger partial charge in [-0.05, 0) is 24.5 Å². The molecule has 0 fully saturated rings. The van der Waals surface area contributed by atoms with Gasteiger partial charge in [0.1, 0.15) is 11.6 Å². The predicted molar refractivity (Wildman–Crippen MR) is 77.2 cm³/mol. The molecule has 0 saturated carbocycles. The van der Waals surface area contributed by atoms with Gasteiger partial charge in [-0.1, -0.05) is 19.9 Å². The molecule has 112 valence electrons. The molecule has 2 rings (SSSR count). The molecule has 0 bridgehead atoms. The van der Waals surface area contributed by atoms with Crippen molar-refractivity contribution in [2.75, 3.05) is 7.11 Å². The smallest absolute Gasteiger partial charge is 0.337 e. The minimum absolute atomic E-state index is 0.124. The monoisotopic (exact) mass is 290 g/mol. The fourth-order valence-electron chi connectivity index (χ4n) is 2.38. The summed E-state index contributed by atoms with van der Waals surface area (Å²) in [5, 5.41) is 9.19. The number of para-hydroxylation sites is 1. The van der Waals surface area contributed by atoms with Crippen LogP contribution in [0.15, 0.2) is 24.5 Å². The summed E-state index contributed by atoms with van der Waals surface area (Å²) in [6.45, 7) is 4.02. The summed E-state index contributed by atoms with van der Waals surface area (Å²) >= 11 is 0. The summed E-state index contributed by atoms with van der Waals surface area (Å²) in [7, 11) is 1.34. The van der Waals surface area contributed by atoms with Gasteiger partial charge in [-0.2, -0.15) is 0 Å². The molecule has 0 spiro atoms. The topological polar surface area (TPSA) is 81.4 Å². The molecule has 2 aromatic rings. The average Bonchev–Trinajstić information content (AvgIpc) is 2.87. The molecule has 0 radical (unpaired) electrons. The van der Waals surface area contributed by atoms with Crippen molar-refractivity contribution in [3.63, 3.8) is 0 Å². The molecule has 0 amide bonds. The van der Waals surface area contributed by atoms with E-state index in [0.717, 1.165) is 0 Å². The molecule has 21 heavy (non-hydrogen) atoms. The molecule has 0 aliphatic heterocycles. The fourth-order valence-corrected chi connectivity index (χ4v) is 2.38. The van der Waals surface area contributed by atoms with E-state index >= 15 is 0 Å². The third kappa shape index (κ3) is 2.89. The second-order valence-electron chi connectivity index (χ2n) is 5.30. The number of carboxylic acids is 1. The highest BCUT2D eigenvalue weighted by atomic mass is 16.5. The Morgan fingerprint density at radius 1 is 1.38 bits per heavy atom. The number of nitrogens with zero attached hydrogens (tertiary/aromatic N) is 2. The summed E-state index contributed by atoms with van der Waals surface area (Å²) in [6, 6.07) is 4.39. The van der Waals surface area contributed by atoms with Crippen LogP contribution >= 0.6 is 0 Å². The standard InChI is InChI=1S/C15H18N2O4/c1-9(2)7-12(15(20)21-3)17-8-16-13-10(14(18)19)5-4-6-11(13)17/h4-6,8-9,12H,7H2,1-3H3,(H,18,19). The zero-order valence-corrected chi connectivity index (χ0v) is 12.2. The Morgan fingerprint density at radius 2 is 2.10 bits per heavy atom. The molecule has 1 N–H and O–H groups in total. The first-order chi connectivity index (χ1) is 9.95. The molecule has 1 aromatic heterocycles. The first-order valence-electron chi connectivity index (χ1n) is 6.72. The number of rotatable bonds is 5. The third-order valence-corrected chi connectivity index (χ3v) is 3.34.